The van der Waals surface area contributed by atoms with E-state index in [1.807, 2.05) is 6.07 Å². The SMILES string of the molecule is CCCC1CCC(C(C)CC2CCC(c3ccc(-c4ccc(F)cc4)c(F)c3)CC2)CC1. The summed E-state index contributed by atoms with van der Waals surface area (Å²) in [5.41, 5.74) is 2.43. The first-order valence-electron chi connectivity index (χ1n) is 13.1. The fourth-order valence-electron chi connectivity index (χ4n) is 6.55. The van der Waals surface area contributed by atoms with E-state index in [2.05, 4.69) is 19.9 Å². The van der Waals surface area contributed by atoms with Gasteiger partial charge < -0.3 is 0 Å². The number of hydrogen-bond acceptors (Lipinski definition) is 0. The second-order valence-corrected chi connectivity index (χ2v) is 10.7. The molecule has 4 rings (SSSR count). The van der Waals surface area contributed by atoms with Crippen LogP contribution >= 0.6 is 0 Å². The molecule has 2 heteroatoms. The summed E-state index contributed by atoms with van der Waals surface area (Å²) in [7, 11) is 0. The maximum absolute atomic E-state index is 14.8. The summed E-state index contributed by atoms with van der Waals surface area (Å²) in [5, 5.41) is 0. The van der Waals surface area contributed by atoms with Gasteiger partial charge in [0, 0.05) is 5.56 Å². The predicted molar refractivity (Wildman–Crippen MR) is 131 cm³/mol. The molecule has 0 radical (unpaired) electrons. The Kier molecular flexibility index (Phi) is 8.02. The molecule has 0 saturated heterocycles. The van der Waals surface area contributed by atoms with Crippen LogP contribution in [0.4, 0.5) is 8.78 Å². The maximum atomic E-state index is 14.8. The maximum Gasteiger partial charge on any atom is 0.131 e. The molecule has 0 spiro atoms. The van der Waals surface area contributed by atoms with Crippen LogP contribution in [0.25, 0.3) is 11.1 Å². The van der Waals surface area contributed by atoms with Crippen LogP contribution in [-0.4, -0.2) is 0 Å². The zero-order chi connectivity index (χ0) is 22.5. The number of benzene rings is 2. The number of halogens is 2. The van der Waals surface area contributed by atoms with Crippen molar-refractivity contribution in [3.63, 3.8) is 0 Å². The molecule has 0 aromatic heterocycles. The number of rotatable bonds is 7. The van der Waals surface area contributed by atoms with E-state index in [0.717, 1.165) is 34.8 Å². The van der Waals surface area contributed by atoms with Crippen LogP contribution in [0, 0.1) is 35.3 Å². The van der Waals surface area contributed by atoms with Crippen LogP contribution in [0.2, 0.25) is 0 Å². The van der Waals surface area contributed by atoms with Crippen molar-refractivity contribution in [1.29, 1.82) is 0 Å². The first kappa shape index (κ1) is 23.5. The van der Waals surface area contributed by atoms with E-state index in [4.69, 9.17) is 0 Å². The molecule has 32 heavy (non-hydrogen) atoms. The summed E-state index contributed by atoms with van der Waals surface area (Å²) in [6, 6.07) is 11.8. The Bertz CT molecular complexity index is 840. The fraction of sp³-hybridized carbons (Fsp3) is 0.600. The molecule has 2 aliphatic rings. The monoisotopic (exact) mass is 438 g/mol. The van der Waals surface area contributed by atoms with Crippen molar-refractivity contribution < 1.29 is 8.78 Å². The Morgan fingerprint density at radius 2 is 1.47 bits per heavy atom. The molecule has 0 amide bonds. The van der Waals surface area contributed by atoms with E-state index in [1.165, 1.54) is 82.8 Å². The standard InChI is InChI=1S/C30H40F2/c1-3-4-22-5-9-24(10-6-22)21(2)19-23-7-11-25(12-8-23)27-15-18-29(30(32)20-27)26-13-16-28(31)17-14-26/h13-18,20-25H,3-12,19H2,1-2H3. The summed E-state index contributed by atoms with van der Waals surface area (Å²) in [5.74, 6) is 3.62. The average Bonchev–Trinajstić information content (AvgIpc) is 2.81. The molecule has 1 atom stereocenters. The minimum absolute atomic E-state index is 0.191. The minimum atomic E-state index is -0.291. The van der Waals surface area contributed by atoms with E-state index >= 15 is 0 Å². The van der Waals surface area contributed by atoms with E-state index in [1.54, 1.807) is 18.2 Å². The normalized spacial score (nSPS) is 27.2. The van der Waals surface area contributed by atoms with Crippen LogP contribution in [0.1, 0.15) is 96.0 Å². The molecule has 2 aliphatic carbocycles. The van der Waals surface area contributed by atoms with Crippen LogP contribution in [0.5, 0.6) is 0 Å². The van der Waals surface area contributed by atoms with E-state index in [-0.39, 0.29) is 11.6 Å². The van der Waals surface area contributed by atoms with E-state index in [9.17, 15) is 8.78 Å². The zero-order valence-electron chi connectivity index (χ0n) is 20.0. The van der Waals surface area contributed by atoms with Gasteiger partial charge in [0.15, 0.2) is 0 Å². The van der Waals surface area contributed by atoms with E-state index < -0.39 is 0 Å². The van der Waals surface area contributed by atoms with Crippen LogP contribution in [0.15, 0.2) is 42.5 Å². The van der Waals surface area contributed by atoms with E-state index in [0.29, 0.717) is 11.5 Å². The molecular weight excluding hydrogens is 398 g/mol. The van der Waals surface area contributed by atoms with Crippen molar-refractivity contribution in [2.45, 2.75) is 90.4 Å². The Morgan fingerprint density at radius 1 is 0.812 bits per heavy atom. The van der Waals surface area contributed by atoms with Gasteiger partial charge in [-0.2, -0.15) is 0 Å². The van der Waals surface area contributed by atoms with Crippen molar-refractivity contribution in [3.05, 3.63) is 59.7 Å². The third-order valence-corrected chi connectivity index (χ3v) is 8.56. The molecule has 0 nitrogen and oxygen atoms in total. The highest BCUT2D eigenvalue weighted by atomic mass is 19.1. The topological polar surface area (TPSA) is 0 Å². The summed E-state index contributed by atoms with van der Waals surface area (Å²) in [6.45, 7) is 4.82. The molecule has 0 bridgehead atoms. The van der Waals surface area contributed by atoms with Gasteiger partial charge in [0.05, 0.1) is 0 Å². The largest absolute Gasteiger partial charge is 0.207 e. The van der Waals surface area contributed by atoms with Crippen molar-refractivity contribution >= 4 is 0 Å². The lowest BCUT2D eigenvalue weighted by Crippen LogP contribution is -2.23. The van der Waals surface area contributed by atoms with Gasteiger partial charge in [-0.3, -0.25) is 0 Å². The van der Waals surface area contributed by atoms with Gasteiger partial charge in [0.25, 0.3) is 0 Å². The summed E-state index contributed by atoms with van der Waals surface area (Å²) < 4.78 is 28.0. The lowest BCUT2D eigenvalue weighted by atomic mass is 9.70. The molecular formula is C30H40F2. The molecule has 0 heterocycles. The molecule has 174 valence electrons. The number of hydrogen-bond donors (Lipinski definition) is 0. The summed E-state index contributed by atoms with van der Waals surface area (Å²) in [6.07, 6.45) is 14.9. The highest BCUT2D eigenvalue weighted by Crippen LogP contribution is 2.42. The summed E-state index contributed by atoms with van der Waals surface area (Å²) in [4.78, 5) is 0. The minimum Gasteiger partial charge on any atom is -0.207 e. The van der Waals surface area contributed by atoms with Gasteiger partial charge in [0.2, 0.25) is 0 Å². The van der Waals surface area contributed by atoms with Crippen LogP contribution < -0.4 is 0 Å². The van der Waals surface area contributed by atoms with Gasteiger partial charge >= 0.3 is 0 Å². The lowest BCUT2D eigenvalue weighted by Gasteiger charge is -2.36. The molecule has 0 aliphatic heterocycles. The third kappa shape index (κ3) is 5.80. The molecule has 2 aromatic rings. The second-order valence-electron chi connectivity index (χ2n) is 10.7. The molecule has 0 N–H and O–H groups in total. The lowest BCUT2D eigenvalue weighted by molar-refractivity contribution is 0.169. The van der Waals surface area contributed by atoms with Crippen LogP contribution in [0.3, 0.4) is 0 Å². The Balaban J connectivity index is 1.27. The smallest absolute Gasteiger partial charge is 0.131 e. The first-order chi connectivity index (χ1) is 15.5. The highest BCUT2D eigenvalue weighted by Gasteiger charge is 2.29. The quantitative estimate of drug-likeness (QED) is 0.404. The summed E-state index contributed by atoms with van der Waals surface area (Å²) >= 11 is 0. The van der Waals surface area contributed by atoms with Crippen molar-refractivity contribution in [2.75, 3.05) is 0 Å². The zero-order valence-corrected chi connectivity index (χ0v) is 20.0. The van der Waals surface area contributed by atoms with Crippen molar-refractivity contribution in [3.8, 4) is 11.1 Å². The molecule has 2 saturated carbocycles. The highest BCUT2D eigenvalue weighted by molar-refractivity contribution is 5.64. The second kappa shape index (κ2) is 10.9. The van der Waals surface area contributed by atoms with Gasteiger partial charge in [0.1, 0.15) is 11.6 Å². The van der Waals surface area contributed by atoms with Gasteiger partial charge in [-0.1, -0.05) is 63.8 Å². The molecule has 2 fully saturated rings. The molecule has 1 unspecified atom stereocenters. The van der Waals surface area contributed by atoms with Crippen molar-refractivity contribution in [2.24, 2.45) is 23.7 Å². The molecule has 2 aromatic carbocycles. The van der Waals surface area contributed by atoms with Gasteiger partial charge in [-0.15, -0.1) is 0 Å². The average molecular weight is 439 g/mol. The fourth-order valence-corrected chi connectivity index (χ4v) is 6.55. The Hall–Kier alpha value is -1.70. The Morgan fingerprint density at radius 3 is 2.09 bits per heavy atom. The third-order valence-electron chi connectivity index (χ3n) is 8.56. The van der Waals surface area contributed by atoms with Gasteiger partial charge in [-0.05, 0) is 104 Å². The van der Waals surface area contributed by atoms with Crippen LogP contribution in [-0.2, 0) is 0 Å². The first-order valence-corrected chi connectivity index (χ1v) is 13.1. The van der Waals surface area contributed by atoms with Crippen molar-refractivity contribution in [1.82, 2.24) is 0 Å². The Labute approximate surface area is 193 Å². The predicted octanol–water partition coefficient (Wildman–Crippen LogP) is 9.54. The van der Waals surface area contributed by atoms with Gasteiger partial charge in [-0.25, -0.2) is 8.78 Å².